The molecule has 1 atom stereocenters. The standard InChI is InChI=1S/C15H19NO/c1-15(2,3)14-11-13(16-17-14)10-9-12-7-5-4-6-8-12/h4-10,14H,11H2,1-3H3/b10-9+. The summed E-state index contributed by atoms with van der Waals surface area (Å²) in [6.07, 6.45) is 5.21. The average molecular weight is 229 g/mol. The summed E-state index contributed by atoms with van der Waals surface area (Å²) in [5.41, 5.74) is 2.36. The number of oxime groups is 1. The maximum absolute atomic E-state index is 5.46. The zero-order valence-corrected chi connectivity index (χ0v) is 10.7. The Morgan fingerprint density at radius 2 is 1.88 bits per heavy atom. The first-order valence-corrected chi connectivity index (χ1v) is 6.01. The van der Waals surface area contributed by atoms with Gasteiger partial charge in [-0.3, -0.25) is 0 Å². The van der Waals surface area contributed by atoms with Gasteiger partial charge in [0, 0.05) is 11.8 Å². The highest BCUT2D eigenvalue weighted by Crippen LogP contribution is 2.29. The molecule has 1 unspecified atom stereocenters. The van der Waals surface area contributed by atoms with Crippen molar-refractivity contribution in [3.8, 4) is 0 Å². The number of rotatable bonds is 2. The summed E-state index contributed by atoms with van der Waals surface area (Å²) in [5, 5.41) is 4.13. The van der Waals surface area contributed by atoms with Crippen molar-refractivity contribution >= 4 is 11.8 Å². The van der Waals surface area contributed by atoms with E-state index in [1.165, 1.54) is 5.56 Å². The molecule has 0 bridgehead atoms. The second-order valence-electron chi connectivity index (χ2n) is 5.49. The lowest BCUT2D eigenvalue weighted by Gasteiger charge is -2.23. The fraction of sp³-hybridized carbons (Fsp3) is 0.400. The molecule has 0 radical (unpaired) electrons. The molecule has 0 N–H and O–H groups in total. The van der Waals surface area contributed by atoms with Crippen LogP contribution in [0.2, 0.25) is 0 Å². The van der Waals surface area contributed by atoms with Crippen molar-refractivity contribution in [2.24, 2.45) is 10.6 Å². The van der Waals surface area contributed by atoms with E-state index in [1.807, 2.05) is 24.3 Å². The third-order valence-corrected chi connectivity index (χ3v) is 2.93. The number of allylic oxidation sites excluding steroid dienone is 1. The highest BCUT2D eigenvalue weighted by molar-refractivity contribution is 5.98. The Morgan fingerprint density at radius 3 is 2.47 bits per heavy atom. The highest BCUT2D eigenvalue weighted by Gasteiger charge is 2.31. The molecule has 0 aliphatic carbocycles. The first-order chi connectivity index (χ1) is 8.05. The van der Waals surface area contributed by atoms with Gasteiger partial charge in [0.15, 0.2) is 0 Å². The van der Waals surface area contributed by atoms with Crippen LogP contribution in [0.3, 0.4) is 0 Å². The monoisotopic (exact) mass is 229 g/mol. The second-order valence-corrected chi connectivity index (χ2v) is 5.49. The van der Waals surface area contributed by atoms with Gasteiger partial charge in [0.05, 0.1) is 5.71 Å². The van der Waals surface area contributed by atoms with Crippen LogP contribution in [0.5, 0.6) is 0 Å². The van der Waals surface area contributed by atoms with Crippen molar-refractivity contribution in [2.75, 3.05) is 0 Å². The quantitative estimate of drug-likeness (QED) is 0.754. The maximum Gasteiger partial charge on any atom is 0.138 e. The molecular formula is C15H19NO. The predicted molar refractivity (Wildman–Crippen MR) is 71.9 cm³/mol. The van der Waals surface area contributed by atoms with Crippen molar-refractivity contribution < 1.29 is 4.84 Å². The Hall–Kier alpha value is -1.57. The Morgan fingerprint density at radius 1 is 1.18 bits per heavy atom. The van der Waals surface area contributed by atoms with Crippen LogP contribution in [0.4, 0.5) is 0 Å². The van der Waals surface area contributed by atoms with Gasteiger partial charge in [0.1, 0.15) is 6.10 Å². The molecule has 2 heteroatoms. The minimum Gasteiger partial charge on any atom is -0.391 e. The summed E-state index contributed by atoms with van der Waals surface area (Å²) < 4.78 is 0. The van der Waals surface area contributed by atoms with E-state index in [-0.39, 0.29) is 11.5 Å². The molecule has 1 aliphatic rings. The largest absolute Gasteiger partial charge is 0.391 e. The van der Waals surface area contributed by atoms with Gasteiger partial charge in [-0.1, -0.05) is 62.3 Å². The third kappa shape index (κ3) is 3.19. The van der Waals surface area contributed by atoms with E-state index < -0.39 is 0 Å². The molecule has 0 saturated carbocycles. The molecular weight excluding hydrogens is 210 g/mol. The fourth-order valence-corrected chi connectivity index (χ4v) is 1.72. The lowest BCUT2D eigenvalue weighted by molar-refractivity contribution is 0.00831. The predicted octanol–water partition coefficient (Wildman–Crippen LogP) is 3.89. The van der Waals surface area contributed by atoms with E-state index in [1.54, 1.807) is 0 Å². The van der Waals surface area contributed by atoms with Crippen LogP contribution in [0, 0.1) is 5.41 Å². The first-order valence-electron chi connectivity index (χ1n) is 6.01. The molecule has 2 rings (SSSR count). The van der Waals surface area contributed by atoms with Crippen molar-refractivity contribution in [2.45, 2.75) is 33.3 Å². The van der Waals surface area contributed by atoms with Crippen molar-refractivity contribution in [1.82, 2.24) is 0 Å². The second kappa shape index (κ2) is 4.74. The Bertz CT molecular complexity index is 426. The van der Waals surface area contributed by atoms with E-state index in [9.17, 15) is 0 Å². The number of nitrogens with zero attached hydrogens (tertiary/aromatic N) is 1. The molecule has 0 amide bonds. The minimum absolute atomic E-state index is 0.145. The summed E-state index contributed by atoms with van der Waals surface area (Å²) >= 11 is 0. The minimum atomic E-state index is 0.145. The molecule has 17 heavy (non-hydrogen) atoms. The smallest absolute Gasteiger partial charge is 0.138 e. The van der Waals surface area contributed by atoms with E-state index in [2.05, 4.69) is 44.1 Å². The van der Waals surface area contributed by atoms with Crippen molar-refractivity contribution in [3.05, 3.63) is 42.0 Å². The van der Waals surface area contributed by atoms with E-state index in [0.717, 1.165) is 12.1 Å². The molecule has 90 valence electrons. The van der Waals surface area contributed by atoms with Gasteiger partial charge in [-0.2, -0.15) is 0 Å². The van der Waals surface area contributed by atoms with E-state index in [0.29, 0.717) is 0 Å². The summed E-state index contributed by atoms with van der Waals surface area (Å²) in [5.74, 6) is 0. The van der Waals surface area contributed by atoms with Gasteiger partial charge < -0.3 is 4.84 Å². The van der Waals surface area contributed by atoms with Crippen LogP contribution in [-0.2, 0) is 4.84 Å². The molecule has 1 heterocycles. The lowest BCUT2D eigenvalue weighted by atomic mass is 9.86. The summed E-state index contributed by atoms with van der Waals surface area (Å²) in [6.45, 7) is 6.53. The van der Waals surface area contributed by atoms with Crippen molar-refractivity contribution in [1.29, 1.82) is 0 Å². The molecule has 1 aromatic rings. The van der Waals surface area contributed by atoms with Crippen LogP contribution in [-0.4, -0.2) is 11.8 Å². The van der Waals surface area contributed by atoms with Crippen molar-refractivity contribution in [3.63, 3.8) is 0 Å². The normalized spacial score (nSPS) is 20.4. The van der Waals surface area contributed by atoms with Crippen LogP contribution >= 0.6 is 0 Å². The summed E-state index contributed by atoms with van der Waals surface area (Å²) in [7, 11) is 0. The number of hydrogen-bond acceptors (Lipinski definition) is 2. The Balaban J connectivity index is 1.97. The topological polar surface area (TPSA) is 21.6 Å². The molecule has 0 saturated heterocycles. The maximum atomic E-state index is 5.46. The highest BCUT2D eigenvalue weighted by atomic mass is 16.6. The van der Waals surface area contributed by atoms with Crippen LogP contribution in [0.25, 0.3) is 6.08 Å². The van der Waals surface area contributed by atoms with E-state index in [4.69, 9.17) is 4.84 Å². The van der Waals surface area contributed by atoms with Crippen LogP contribution in [0.15, 0.2) is 41.6 Å². The van der Waals surface area contributed by atoms with Crippen LogP contribution in [0.1, 0.15) is 32.8 Å². The number of benzene rings is 1. The zero-order chi connectivity index (χ0) is 12.3. The van der Waals surface area contributed by atoms with Gasteiger partial charge >= 0.3 is 0 Å². The third-order valence-electron chi connectivity index (χ3n) is 2.93. The Kier molecular flexibility index (Phi) is 3.32. The van der Waals surface area contributed by atoms with Gasteiger partial charge in [-0.15, -0.1) is 0 Å². The first kappa shape index (κ1) is 11.9. The number of hydrogen-bond donors (Lipinski definition) is 0. The fourth-order valence-electron chi connectivity index (χ4n) is 1.72. The summed E-state index contributed by atoms with van der Waals surface area (Å²) in [6, 6.07) is 10.2. The Labute approximate surface area is 103 Å². The zero-order valence-electron chi connectivity index (χ0n) is 10.7. The summed E-state index contributed by atoms with van der Waals surface area (Å²) in [4.78, 5) is 5.46. The SMILES string of the molecule is CC(C)(C)C1CC(/C=C/c2ccccc2)=NO1. The van der Waals surface area contributed by atoms with Gasteiger partial charge in [0.25, 0.3) is 0 Å². The van der Waals surface area contributed by atoms with E-state index >= 15 is 0 Å². The van der Waals surface area contributed by atoms with Gasteiger partial charge in [-0.05, 0) is 11.6 Å². The molecule has 1 aliphatic heterocycles. The molecule has 1 aromatic carbocycles. The molecule has 0 aromatic heterocycles. The molecule has 0 spiro atoms. The van der Waals surface area contributed by atoms with Gasteiger partial charge in [-0.25, -0.2) is 0 Å². The molecule has 0 fully saturated rings. The molecule has 2 nitrogen and oxygen atoms in total. The lowest BCUT2D eigenvalue weighted by Crippen LogP contribution is -2.25. The van der Waals surface area contributed by atoms with Gasteiger partial charge in [0.2, 0.25) is 0 Å². The average Bonchev–Trinajstić information content (AvgIpc) is 2.76. The van der Waals surface area contributed by atoms with Crippen LogP contribution < -0.4 is 0 Å².